The molecule has 3 aromatic rings. The summed E-state index contributed by atoms with van der Waals surface area (Å²) >= 11 is 6.13. The standard InChI is InChI=1S/C24H24ClF2N3O3/c1-32-23-12-16(6-9-22(23)33-15-17-7-8-18(26)13-20(17)27)14-30(11-10-28)24(31)29-21-5-3-2-4-19(21)25/h2-9,12-13H,10-11,14-15,28H2,1H3,(H,29,31). The zero-order valence-electron chi connectivity index (χ0n) is 18.0. The van der Waals surface area contributed by atoms with Crippen LogP contribution < -0.4 is 20.5 Å². The molecule has 6 nitrogen and oxygen atoms in total. The lowest BCUT2D eigenvalue weighted by atomic mass is 10.2. The first-order valence-electron chi connectivity index (χ1n) is 10.2. The molecule has 0 aliphatic heterocycles. The van der Waals surface area contributed by atoms with Crippen LogP contribution in [0.3, 0.4) is 0 Å². The predicted octanol–water partition coefficient (Wildman–Crippen LogP) is 5.20. The van der Waals surface area contributed by atoms with Gasteiger partial charge in [0, 0.05) is 31.3 Å². The summed E-state index contributed by atoms with van der Waals surface area (Å²) in [6, 6.07) is 15.1. The summed E-state index contributed by atoms with van der Waals surface area (Å²) in [7, 11) is 1.48. The first-order valence-corrected chi connectivity index (χ1v) is 10.5. The lowest BCUT2D eigenvalue weighted by molar-refractivity contribution is 0.210. The molecule has 0 bridgehead atoms. The number of methoxy groups -OCH3 is 1. The number of nitrogens with one attached hydrogen (secondary N) is 1. The van der Waals surface area contributed by atoms with E-state index in [4.69, 9.17) is 26.8 Å². The van der Waals surface area contributed by atoms with E-state index in [0.717, 1.165) is 11.6 Å². The molecule has 3 N–H and O–H groups in total. The van der Waals surface area contributed by atoms with Crippen molar-refractivity contribution in [3.63, 3.8) is 0 Å². The van der Waals surface area contributed by atoms with Crippen molar-refractivity contribution < 1.29 is 23.0 Å². The molecular weight excluding hydrogens is 452 g/mol. The number of carbonyl (C=O) groups excluding carboxylic acids is 1. The number of nitrogens with zero attached hydrogens (tertiary/aromatic N) is 1. The fourth-order valence-corrected chi connectivity index (χ4v) is 3.29. The maximum Gasteiger partial charge on any atom is 0.322 e. The van der Waals surface area contributed by atoms with Crippen LogP contribution in [-0.4, -0.2) is 31.1 Å². The van der Waals surface area contributed by atoms with Crippen molar-refractivity contribution in [2.45, 2.75) is 13.2 Å². The van der Waals surface area contributed by atoms with E-state index in [2.05, 4.69) is 5.32 Å². The molecular formula is C24H24ClF2N3O3. The Kier molecular flexibility index (Phi) is 8.46. The highest BCUT2D eigenvalue weighted by molar-refractivity contribution is 6.33. The molecule has 0 saturated carbocycles. The lowest BCUT2D eigenvalue weighted by Crippen LogP contribution is -2.38. The van der Waals surface area contributed by atoms with Gasteiger partial charge in [-0.15, -0.1) is 0 Å². The summed E-state index contributed by atoms with van der Waals surface area (Å²) in [5.74, 6) is -0.545. The Morgan fingerprint density at radius 1 is 1.09 bits per heavy atom. The minimum atomic E-state index is -0.687. The van der Waals surface area contributed by atoms with Gasteiger partial charge < -0.3 is 25.4 Å². The van der Waals surface area contributed by atoms with Gasteiger partial charge in [-0.05, 0) is 42.0 Å². The first kappa shape index (κ1) is 24.3. The van der Waals surface area contributed by atoms with Gasteiger partial charge in [0.05, 0.1) is 17.8 Å². The van der Waals surface area contributed by atoms with Crippen LogP contribution >= 0.6 is 11.6 Å². The number of carbonyl (C=O) groups is 1. The minimum Gasteiger partial charge on any atom is -0.493 e. The van der Waals surface area contributed by atoms with Crippen molar-refractivity contribution in [2.75, 3.05) is 25.5 Å². The molecule has 0 heterocycles. The highest BCUT2D eigenvalue weighted by Crippen LogP contribution is 2.30. The number of ether oxygens (including phenoxy) is 2. The number of hydrogen-bond acceptors (Lipinski definition) is 4. The van der Waals surface area contributed by atoms with E-state index in [0.29, 0.717) is 28.8 Å². The number of amides is 2. The van der Waals surface area contributed by atoms with Gasteiger partial charge in [-0.2, -0.15) is 0 Å². The Hall–Kier alpha value is -3.36. The van der Waals surface area contributed by atoms with E-state index in [-0.39, 0.29) is 31.3 Å². The van der Waals surface area contributed by atoms with Crippen LogP contribution in [0.15, 0.2) is 60.7 Å². The fraction of sp³-hybridized carbons (Fsp3) is 0.208. The second-order valence-electron chi connectivity index (χ2n) is 7.13. The lowest BCUT2D eigenvalue weighted by Gasteiger charge is -2.23. The molecule has 0 atom stereocenters. The van der Waals surface area contributed by atoms with Crippen LogP contribution in [0.2, 0.25) is 5.02 Å². The average molecular weight is 476 g/mol. The monoisotopic (exact) mass is 475 g/mol. The predicted molar refractivity (Wildman–Crippen MR) is 124 cm³/mol. The van der Waals surface area contributed by atoms with Gasteiger partial charge in [0.2, 0.25) is 0 Å². The van der Waals surface area contributed by atoms with Gasteiger partial charge >= 0.3 is 6.03 Å². The van der Waals surface area contributed by atoms with Gasteiger partial charge in [-0.1, -0.05) is 29.8 Å². The molecule has 9 heteroatoms. The van der Waals surface area contributed by atoms with Gasteiger partial charge in [0.25, 0.3) is 0 Å². The highest BCUT2D eigenvalue weighted by Gasteiger charge is 2.16. The summed E-state index contributed by atoms with van der Waals surface area (Å²) in [6.07, 6.45) is 0. The van der Waals surface area contributed by atoms with Crippen LogP contribution in [0.4, 0.5) is 19.3 Å². The van der Waals surface area contributed by atoms with Crippen molar-refractivity contribution in [3.05, 3.63) is 88.4 Å². The van der Waals surface area contributed by atoms with Crippen molar-refractivity contribution >= 4 is 23.3 Å². The molecule has 0 aromatic heterocycles. The van der Waals surface area contributed by atoms with Crippen LogP contribution in [0, 0.1) is 11.6 Å². The highest BCUT2D eigenvalue weighted by atomic mass is 35.5. The normalized spacial score (nSPS) is 10.6. The molecule has 0 radical (unpaired) electrons. The molecule has 0 fully saturated rings. The topological polar surface area (TPSA) is 76.8 Å². The summed E-state index contributed by atoms with van der Waals surface area (Å²) in [4.78, 5) is 14.3. The van der Waals surface area contributed by atoms with Crippen LogP contribution in [0.25, 0.3) is 0 Å². The van der Waals surface area contributed by atoms with E-state index < -0.39 is 11.6 Å². The maximum atomic E-state index is 13.9. The maximum absolute atomic E-state index is 13.9. The van der Waals surface area contributed by atoms with Crippen LogP contribution in [0.1, 0.15) is 11.1 Å². The fourth-order valence-electron chi connectivity index (χ4n) is 3.11. The first-order chi connectivity index (χ1) is 15.9. The molecule has 33 heavy (non-hydrogen) atoms. The summed E-state index contributed by atoms with van der Waals surface area (Å²) in [5, 5.41) is 3.21. The van der Waals surface area contributed by atoms with Crippen molar-refractivity contribution in [3.8, 4) is 11.5 Å². The van der Waals surface area contributed by atoms with Gasteiger partial charge in [-0.25, -0.2) is 13.6 Å². The Morgan fingerprint density at radius 3 is 2.58 bits per heavy atom. The number of urea groups is 1. The smallest absolute Gasteiger partial charge is 0.322 e. The Labute approximate surface area is 195 Å². The summed E-state index contributed by atoms with van der Waals surface area (Å²) in [5.41, 5.74) is 7.18. The quantitative estimate of drug-likeness (QED) is 0.446. The second-order valence-corrected chi connectivity index (χ2v) is 7.54. The zero-order valence-corrected chi connectivity index (χ0v) is 18.7. The van der Waals surface area contributed by atoms with E-state index in [1.54, 1.807) is 47.4 Å². The third-order valence-electron chi connectivity index (χ3n) is 4.80. The molecule has 0 aliphatic rings. The van der Waals surface area contributed by atoms with Crippen molar-refractivity contribution in [1.29, 1.82) is 0 Å². The van der Waals surface area contributed by atoms with Crippen molar-refractivity contribution in [1.82, 2.24) is 4.90 Å². The third-order valence-corrected chi connectivity index (χ3v) is 5.13. The van der Waals surface area contributed by atoms with E-state index in [9.17, 15) is 13.6 Å². The van der Waals surface area contributed by atoms with E-state index in [1.807, 2.05) is 0 Å². The number of benzene rings is 3. The zero-order chi connectivity index (χ0) is 23.8. The van der Waals surface area contributed by atoms with Crippen LogP contribution in [0.5, 0.6) is 11.5 Å². The average Bonchev–Trinajstić information content (AvgIpc) is 2.80. The molecule has 2 amide bonds. The van der Waals surface area contributed by atoms with Crippen molar-refractivity contribution in [2.24, 2.45) is 5.73 Å². The van der Waals surface area contributed by atoms with Crippen LogP contribution in [-0.2, 0) is 13.2 Å². The molecule has 0 saturated heterocycles. The largest absolute Gasteiger partial charge is 0.493 e. The molecule has 3 aromatic carbocycles. The Morgan fingerprint density at radius 2 is 1.88 bits per heavy atom. The Bertz CT molecular complexity index is 1110. The molecule has 174 valence electrons. The number of halogens is 3. The Balaban J connectivity index is 1.70. The molecule has 3 rings (SSSR count). The minimum absolute atomic E-state index is 0.0959. The number of nitrogens with two attached hydrogens (primary N) is 1. The summed E-state index contributed by atoms with van der Waals surface area (Å²) in [6.45, 7) is 0.760. The van der Waals surface area contributed by atoms with E-state index >= 15 is 0 Å². The van der Waals surface area contributed by atoms with E-state index in [1.165, 1.54) is 19.2 Å². The van der Waals surface area contributed by atoms with Gasteiger partial charge in [0.1, 0.15) is 18.2 Å². The molecule has 0 unspecified atom stereocenters. The van der Waals surface area contributed by atoms with Gasteiger partial charge in [0.15, 0.2) is 11.5 Å². The SMILES string of the molecule is COc1cc(CN(CCN)C(=O)Nc2ccccc2Cl)ccc1OCc1ccc(F)cc1F. The number of para-hydroxylation sites is 1. The summed E-state index contributed by atoms with van der Waals surface area (Å²) < 4.78 is 38.0. The number of rotatable bonds is 9. The second kappa shape index (κ2) is 11.5. The molecule has 0 aliphatic carbocycles. The number of hydrogen-bond donors (Lipinski definition) is 2. The molecule has 0 spiro atoms. The van der Waals surface area contributed by atoms with Gasteiger partial charge in [-0.3, -0.25) is 0 Å². The number of anilines is 1. The third kappa shape index (κ3) is 6.57.